The van der Waals surface area contributed by atoms with Gasteiger partial charge in [-0.3, -0.25) is 9.52 Å². The second-order valence-electron chi connectivity index (χ2n) is 4.32. The maximum atomic E-state index is 11.9. The average Bonchev–Trinajstić information content (AvgIpc) is 2.75. The monoisotopic (exact) mass is 305 g/mol. The number of rotatable bonds is 4. The molecule has 8 nitrogen and oxygen atoms in total. The third-order valence-corrected chi connectivity index (χ3v) is 4.04. The summed E-state index contributed by atoms with van der Waals surface area (Å²) in [7, 11) is -3.38. The molecule has 19 heavy (non-hydrogen) atoms. The Balaban J connectivity index is 1.94. The Kier molecular flexibility index (Phi) is 4.32. The molecular weight excluding hydrogens is 290 g/mol. The number of sulfonamides is 1. The fourth-order valence-corrected chi connectivity index (χ4v) is 3.23. The highest BCUT2D eigenvalue weighted by atomic mass is 32.2. The maximum absolute atomic E-state index is 11.9. The first kappa shape index (κ1) is 14.2. The third-order valence-electron chi connectivity index (χ3n) is 2.60. The molecule has 2 heterocycles. The molecule has 1 saturated heterocycles. The normalized spacial score (nSPS) is 19.9. The number of nitrogens with zero attached hydrogens (tertiary/aromatic N) is 2. The Hall–Kier alpha value is -1.26. The first-order valence-electron chi connectivity index (χ1n) is 5.77. The van der Waals surface area contributed by atoms with Crippen molar-refractivity contribution >= 4 is 37.5 Å². The van der Waals surface area contributed by atoms with E-state index in [-0.39, 0.29) is 17.0 Å². The number of hydrogen-bond acceptors (Lipinski definition) is 7. The molecule has 1 aliphatic heterocycles. The number of hydrogen-bond donors (Lipinski definition) is 3. The summed E-state index contributed by atoms with van der Waals surface area (Å²) < 4.78 is 24.2. The zero-order valence-electron chi connectivity index (χ0n) is 10.3. The van der Waals surface area contributed by atoms with Crippen LogP contribution in [0.3, 0.4) is 0 Å². The van der Waals surface area contributed by atoms with Crippen LogP contribution in [0.15, 0.2) is 0 Å². The van der Waals surface area contributed by atoms with E-state index in [0.717, 1.165) is 37.0 Å². The highest BCUT2D eigenvalue weighted by Gasteiger charge is 2.22. The molecule has 1 unspecified atom stereocenters. The molecular formula is C9H15N5O3S2. The summed E-state index contributed by atoms with van der Waals surface area (Å²) >= 11 is 0.987. The van der Waals surface area contributed by atoms with Gasteiger partial charge in [-0.15, -0.1) is 10.2 Å². The minimum Gasteiger partial charge on any atom is -0.316 e. The van der Waals surface area contributed by atoms with Gasteiger partial charge in [0.2, 0.25) is 26.2 Å². The second kappa shape index (κ2) is 5.80. The molecule has 1 atom stereocenters. The van der Waals surface area contributed by atoms with Gasteiger partial charge in [0.15, 0.2) is 0 Å². The van der Waals surface area contributed by atoms with E-state index in [1.165, 1.54) is 0 Å². The van der Waals surface area contributed by atoms with Gasteiger partial charge in [0, 0.05) is 6.54 Å². The second-order valence-corrected chi connectivity index (χ2v) is 7.05. The first-order chi connectivity index (χ1) is 8.94. The lowest BCUT2D eigenvalue weighted by Crippen LogP contribution is -2.37. The van der Waals surface area contributed by atoms with Crippen molar-refractivity contribution in [2.24, 2.45) is 5.92 Å². The number of carbonyl (C=O) groups is 1. The van der Waals surface area contributed by atoms with Crippen LogP contribution < -0.4 is 15.4 Å². The molecule has 1 aliphatic rings. The van der Waals surface area contributed by atoms with Gasteiger partial charge in [0.1, 0.15) is 0 Å². The Morgan fingerprint density at radius 2 is 2.16 bits per heavy atom. The predicted octanol–water partition coefficient (Wildman–Crippen LogP) is -0.152. The van der Waals surface area contributed by atoms with E-state index in [1.807, 2.05) is 0 Å². The van der Waals surface area contributed by atoms with Crippen molar-refractivity contribution in [1.29, 1.82) is 0 Å². The summed E-state index contributed by atoms with van der Waals surface area (Å²) in [6.07, 6.45) is 2.83. The van der Waals surface area contributed by atoms with Crippen molar-refractivity contribution in [1.82, 2.24) is 15.5 Å². The van der Waals surface area contributed by atoms with Crippen molar-refractivity contribution in [3.8, 4) is 0 Å². The molecule has 1 fully saturated rings. The molecule has 2 rings (SSSR count). The van der Waals surface area contributed by atoms with E-state index in [0.29, 0.717) is 11.7 Å². The Bertz CT molecular complexity index is 550. The van der Waals surface area contributed by atoms with E-state index >= 15 is 0 Å². The van der Waals surface area contributed by atoms with E-state index in [9.17, 15) is 13.2 Å². The summed E-state index contributed by atoms with van der Waals surface area (Å²) in [6.45, 7) is 1.59. The van der Waals surface area contributed by atoms with Gasteiger partial charge in [-0.1, -0.05) is 11.3 Å². The van der Waals surface area contributed by atoms with E-state index in [4.69, 9.17) is 0 Å². The van der Waals surface area contributed by atoms with Crippen LogP contribution in [0, 0.1) is 5.92 Å². The fraction of sp³-hybridized carbons (Fsp3) is 0.667. The van der Waals surface area contributed by atoms with E-state index in [2.05, 4.69) is 25.6 Å². The Morgan fingerprint density at radius 1 is 1.42 bits per heavy atom. The van der Waals surface area contributed by atoms with Gasteiger partial charge in [-0.25, -0.2) is 8.42 Å². The SMILES string of the molecule is CS(=O)(=O)Nc1nnc(NC(=O)C2CCCNC2)s1. The van der Waals surface area contributed by atoms with Gasteiger partial charge < -0.3 is 10.6 Å². The van der Waals surface area contributed by atoms with Crippen LogP contribution in [0.4, 0.5) is 10.3 Å². The van der Waals surface area contributed by atoms with Crippen LogP contribution in [0.5, 0.6) is 0 Å². The average molecular weight is 305 g/mol. The molecule has 0 spiro atoms. The van der Waals surface area contributed by atoms with E-state index in [1.54, 1.807) is 0 Å². The Labute approximate surface area is 115 Å². The zero-order chi connectivity index (χ0) is 13.9. The molecule has 3 N–H and O–H groups in total. The summed E-state index contributed by atoms with van der Waals surface area (Å²) in [4.78, 5) is 11.9. The smallest absolute Gasteiger partial charge is 0.231 e. The van der Waals surface area contributed by atoms with Crippen LogP contribution in [0.2, 0.25) is 0 Å². The minimum atomic E-state index is -3.38. The molecule has 106 valence electrons. The molecule has 1 aromatic heterocycles. The molecule has 0 bridgehead atoms. The van der Waals surface area contributed by atoms with Crippen LogP contribution in [-0.2, 0) is 14.8 Å². The standard InChI is InChI=1S/C9H15N5O3S2/c1-19(16,17)14-9-13-12-8(18-9)11-7(15)6-3-2-4-10-5-6/h6,10H,2-5H2,1H3,(H,13,14)(H,11,12,15). The molecule has 0 radical (unpaired) electrons. The summed E-state index contributed by atoms with van der Waals surface area (Å²) in [5.74, 6) is -0.196. The maximum Gasteiger partial charge on any atom is 0.231 e. The highest BCUT2D eigenvalue weighted by molar-refractivity contribution is 7.92. The predicted molar refractivity (Wildman–Crippen MR) is 72.6 cm³/mol. The number of piperidine rings is 1. The van der Waals surface area contributed by atoms with Gasteiger partial charge in [-0.2, -0.15) is 0 Å². The lowest BCUT2D eigenvalue weighted by molar-refractivity contribution is -0.120. The summed E-state index contributed by atoms with van der Waals surface area (Å²) in [5, 5.41) is 13.6. The van der Waals surface area contributed by atoms with Crippen LogP contribution in [-0.4, -0.2) is 43.9 Å². The van der Waals surface area contributed by atoms with Crippen LogP contribution >= 0.6 is 11.3 Å². The molecule has 0 saturated carbocycles. The quantitative estimate of drug-likeness (QED) is 0.713. The number of anilines is 2. The lowest BCUT2D eigenvalue weighted by atomic mass is 9.99. The third kappa shape index (κ3) is 4.40. The summed E-state index contributed by atoms with van der Waals surface area (Å²) in [6, 6.07) is 0. The molecule has 10 heteroatoms. The number of amides is 1. The summed E-state index contributed by atoms with van der Waals surface area (Å²) in [5.41, 5.74) is 0. The van der Waals surface area contributed by atoms with Gasteiger partial charge in [-0.05, 0) is 19.4 Å². The molecule has 1 aromatic rings. The Morgan fingerprint density at radius 3 is 2.79 bits per heavy atom. The number of aromatic nitrogens is 2. The highest BCUT2D eigenvalue weighted by Crippen LogP contribution is 2.22. The van der Waals surface area contributed by atoms with Crippen molar-refractivity contribution < 1.29 is 13.2 Å². The minimum absolute atomic E-state index is 0.0797. The topological polar surface area (TPSA) is 113 Å². The van der Waals surface area contributed by atoms with Crippen molar-refractivity contribution in [2.45, 2.75) is 12.8 Å². The van der Waals surface area contributed by atoms with Crippen molar-refractivity contribution in [2.75, 3.05) is 29.4 Å². The van der Waals surface area contributed by atoms with Gasteiger partial charge >= 0.3 is 0 Å². The zero-order valence-corrected chi connectivity index (χ0v) is 12.0. The van der Waals surface area contributed by atoms with Gasteiger partial charge in [0.05, 0.1) is 12.2 Å². The molecule has 0 aromatic carbocycles. The van der Waals surface area contributed by atoms with E-state index < -0.39 is 10.0 Å². The largest absolute Gasteiger partial charge is 0.316 e. The van der Waals surface area contributed by atoms with Gasteiger partial charge in [0.25, 0.3) is 0 Å². The first-order valence-corrected chi connectivity index (χ1v) is 8.48. The fourth-order valence-electron chi connectivity index (χ4n) is 1.76. The number of carbonyl (C=O) groups excluding carboxylic acids is 1. The van der Waals surface area contributed by atoms with Crippen molar-refractivity contribution in [3.05, 3.63) is 0 Å². The van der Waals surface area contributed by atoms with Crippen LogP contribution in [0.1, 0.15) is 12.8 Å². The lowest BCUT2D eigenvalue weighted by Gasteiger charge is -2.20. The van der Waals surface area contributed by atoms with Crippen molar-refractivity contribution in [3.63, 3.8) is 0 Å². The molecule has 0 aliphatic carbocycles. The number of nitrogens with one attached hydrogen (secondary N) is 3. The van der Waals surface area contributed by atoms with Crippen LogP contribution in [0.25, 0.3) is 0 Å². The molecule has 1 amide bonds.